The quantitative estimate of drug-likeness (QED) is 0.0286. The van der Waals surface area contributed by atoms with Crippen molar-refractivity contribution in [2.45, 2.75) is 182 Å². The number of amides is 4. The number of aliphatic hydroxyl groups excluding tert-OH is 1. The van der Waals surface area contributed by atoms with E-state index in [1.54, 1.807) is 56.3 Å². The van der Waals surface area contributed by atoms with Crippen LogP contribution in [0.3, 0.4) is 0 Å². The maximum absolute atomic E-state index is 13.5. The molecule has 0 saturated heterocycles. The summed E-state index contributed by atoms with van der Waals surface area (Å²) in [5.74, 6) is -2.04. The van der Waals surface area contributed by atoms with Gasteiger partial charge in [-0.1, -0.05) is 122 Å². The Morgan fingerprint density at radius 2 is 0.873 bits per heavy atom. The molecule has 0 aromatic heterocycles. The summed E-state index contributed by atoms with van der Waals surface area (Å²) in [5.41, 5.74) is 15.5. The van der Waals surface area contributed by atoms with Gasteiger partial charge in [0.05, 0.1) is 48.6 Å². The van der Waals surface area contributed by atoms with E-state index >= 15 is 0 Å². The molecule has 4 atom stereocenters. The maximum Gasteiger partial charge on any atom is 0.269 e. The van der Waals surface area contributed by atoms with Crippen molar-refractivity contribution >= 4 is 94.5 Å². The molecule has 0 fully saturated rings. The summed E-state index contributed by atoms with van der Waals surface area (Å²) >= 11 is 12.6. The minimum atomic E-state index is -2.25. The molecule has 4 rings (SSSR count). The lowest BCUT2D eigenvalue weighted by Gasteiger charge is -2.40. The largest absolute Gasteiger partial charge is 0.413 e. The molecular formula is C58H84Cl2N8O8Si3. The van der Waals surface area contributed by atoms with Crippen molar-refractivity contribution in [3.05, 3.63) is 139 Å². The van der Waals surface area contributed by atoms with Crippen LogP contribution in [0.5, 0.6) is 0 Å². The Balaban J connectivity index is 0.000000422. The van der Waals surface area contributed by atoms with Crippen LogP contribution < -0.4 is 32.3 Å². The highest BCUT2D eigenvalue weighted by Crippen LogP contribution is 2.40. The van der Waals surface area contributed by atoms with Gasteiger partial charge in [0.25, 0.3) is 23.6 Å². The average Bonchev–Trinajstić information content (AvgIpc) is 3.36. The number of benzene rings is 4. The summed E-state index contributed by atoms with van der Waals surface area (Å²) in [4.78, 5) is 58.6. The van der Waals surface area contributed by atoms with Crippen LogP contribution in [-0.2, 0) is 36.1 Å². The Labute approximate surface area is 482 Å². The third-order valence-corrected chi connectivity index (χ3v) is 29.7. The van der Waals surface area contributed by atoms with E-state index in [-0.39, 0.29) is 20.1 Å². The first kappa shape index (κ1) is 67.7. The fourth-order valence-corrected chi connectivity index (χ4v) is 10.4. The molecule has 4 aromatic rings. The number of aliphatic hydroxyl groups is 1. The number of halogens is 2. The molecule has 430 valence electrons. The standard InChI is InChI=1S/C32H49ClN4O4Si2.C26H35ClN4O4Si/c1-21-25(18-19-26(34-9)27(21)33)35-28(22(2)41-43(12,13)32(6,7)8)30(39)37-36-29(38)24-16-14-23(15-17-24)20-40-42(10,11)31(3,4)5;1-16-20(13-14-21(28-6)22(16)27)29-23(17(2)32)25(34)31-30-24(33)19-11-9-18(10-12-19)15-35-36(7,8)26(3,4)5/h14-19,22,28,35H,20H2,1-8,10-13H3,(H,36,38)(H,37,39);9-14,17,23,29,32H,15H2,1-5,7-8H3,(H,30,33)(H,31,34)/t22-,28+;17?,23-/m01/s1. The van der Waals surface area contributed by atoms with Gasteiger partial charge >= 0.3 is 0 Å². The molecule has 0 spiro atoms. The zero-order valence-electron chi connectivity index (χ0n) is 49.6. The van der Waals surface area contributed by atoms with E-state index in [0.29, 0.717) is 63.2 Å². The molecule has 1 unspecified atom stereocenters. The molecule has 0 aliphatic heterocycles. The van der Waals surface area contributed by atoms with Crippen molar-refractivity contribution in [1.29, 1.82) is 0 Å². The van der Waals surface area contributed by atoms with Crippen LogP contribution in [0.4, 0.5) is 22.7 Å². The lowest BCUT2D eigenvalue weighted by atomic mass is 10.1. The second kappa shape index (κ2) is 27.7. The number of hydrogen-bond donors (Lipinski definition) is 7. The predicted octanol–water partition coefficient (Wildman–Crippen LogP) is 13.7. The van der Waals surface area contributed by atoms with E-state index in [4.69, 9.17) is 49.6 Å². The molecule has 4 aromatic carbocycles. The minimum Gasteiger partial charge on any atom is -0.413 e. The van der Waals surface area contributed by atoms with E-state index in [1.165, 1.54) is 13.0 Å². The Bertz CT molecular complexity index is 2870. The molecule has 16 nitrogen and oxygen atoms in total. The Morgan fingerprint density at radius 1 is 0.544 bits per heavy atom. The summed E-state index contributed by atoms with van der Waals surface area (Å²) in [5, 5.41) is 17.1. The van der Waals surface area contributed by atoms with Crippen LogP contribution in [0.25, 0.3) is 9.69 Å². The van der Waals surface area contributed by atoms with E-state index in [0.717, 1.165) is 11.1 Å². The van der Waals surface area contributed by atoms with Gasteiger partial charge in [0.2, 0.25) is 11.4 Å². The van der Waals surface area contributed by atoms with Gasteiger partial charge < -0.3 is 29.0 Å². The number of rotatable bonds is 18. The van der Waals surface area contributed by atoms with Crippen LogP contribution in [0, 0.1) is 27.0 Å². The minimum absolute atomic E-state index is 0.0745. The molecule has 0 heterocycles. The number of carbonyl (C=O) groups is 4. The summed E-state index contributed by atoms with van der Waals surface area (Å²) in [6.07, 6.45) is -1.63. The lowest BCUT2D eigenvalue weighted by molar-refractivity contribution is -0.125. The van der Waals surface area contributed by atoms with E-state index < -0.39 is 72.9 Å². The highest BCUT2D eigenvalue weighted by Gasteiger charge is 2.42. The van der Waals surface area contributed by atoms with Gasteiger partial charge in [-0.15, -0.1) is 0 Å². The Morgan fingerprint density at radius 3 is 1.19 bits per heavy atom. The molecule has 0 radical (unpaired) electrons. The van der Waals surface area contributed by atoms with Gasteiger partial charge in [-0.25, -0.2) is 9.69 Å². The van der Waals surface area contributed by atoms with Crippen LogP contribution in [0.1, 0.15) is 119 Å². The summed E-state index contributed by atoms with van der Waals surface area (Å²) in [6.45, 7) is 54.8. The van der Waals surface area contributed by atoms with Crippen LogP contribution >= 0.6 is 23.2 Å². The van der Waals surface area contributed by atoms with Gasteiger partial charge in [-0.3, -0.25) is 40.9 Å². The normalized spacial score (nSPS) is 13.7. The highest BCUT2D eigenvalue weighted by atomic mass is 35.5. The first-order valence-corrected chi connectivity index (χ1v) is 35.7. The van der Waals surface area contributed by atoms with Crippen molar-refractivity contribution in [2.24, 2.45) is 0 Å². The summed E-state index contributed by atoms with van der Waals surface area (Å²) < 4.78 is 19.1. The van der Waals surface area contributed by atoms with E-state index in [1.807, 2.05) is 31.2 Å². The van der Waals surface area contributed by atoms with E-state index in [9.17, 15) is 24.3 Å². The fraction of sp³-hybridized carbons (Fsp3) is 0.483. The zero-order chi connectivity index (χ0) is 60.2. The Kier molecular flexibility index (Phi) is 23.8. The first-order valence-electron chi connectivity index (χ1n) is 26.2. The SMILES string of the molecule is [C-]#[N+]c1ccc(N[C@@H](C(=O)NNC(=O)c2ccc(CO[Si](C)(C)C(C)(C)C)cc2)C(C)O)c(C)c1Cl.[C-]#[N+]c1ccc(N[C@@H](C(=O)NNC(=O)c2ccc(CO[Si](C)(C)C(C)(C)C)cc2)[C@H](C)O[Si](C)(C)C(C)(C)C)c(C)c1Cl. The number of anilines is 2. The summed E-state index contributed by atoms with van der Waals surface area (Å²) in [7, 11) is -6.02. The molecular weight excluding hydrogens is 1090 g/mol. The van der Waals surface area contributed by atoms with Crippen molar-refractivity contribution in [3.8, 4) is 0 Å². The fourth-order valence-electron chi connectivity index (χ4n) is 6.67. The number of nitrogens with one attached hydrogen (secondary N) is 6. The molecule has 0 aliphatic carbocycles. The van der Waals surface area contributed by atoms with E-state index in [2.05, 4.69) is 144 Å². The second-order valence-electron chi connectivity index (χ2n) is 24.3. The molecule has 79 heavy (non-hydrogen) atoms. The monoisotopic (exact) mass is 1170 g/mol. The molecule has 7 N–H and O–H groups in total. The highest BCUT2D eigenvalue weighted by molar-refractivity contribution is 6.75. The molecule has 0 saturated carbocycles. The first-order chi connectivity index (χ1) is 36.3. The van der Waals surface area contributed by atoms with Crippen molar-refractivity contribution in [2.75, 3.05) is 10.6 Å². The lowest BCUT2D eigenvalue weighted by Crippen LogP contribution is -2.55. The molecule has 0 aliphatic rings. The van der Waals surface area contributed by atoms with Crippen LogP contribution in [0.15, 0.2) is 72.8 Å². The number of hydrazine groups is 2. The number of hydrogen-bond acceptors (Lipinski definition) is 10. The smallest absolute Gasteiger partial charge is 0.269 e. The van der Waals surface area contributed by atoms with Crippen molar-refractivity contribution < 1.29 is 37.6 Å². The van der Waals surface area contributed by atoms with Gasteiger partial charge in [0, 0.05) is 22.5 Å². The van der Waals surface area contributed by atoms with Crippen molar-refractivity contribution in [1.82, 2.24) is 21.7 Å². The van der Waals surface area contributed by atoms with Gasteiger partial charge in [0.1, 0.15) is 12.1 Å². The van der Waals surface area contributed by atoms with Gasteiger partial charge in [-0.05, 0) is 141 Å². The maximum atomic E-state index is 13.5. The Hall–Kier alpha value is -5.59. The second-order valence-corrected chi connectivity index (χ2v) is 39.4. The topological polar surface area (TPSA) is 197 Å². The third-order valence-electron chi connectivity index (χ3n) is 15.2. The average molecular weight is 1180 g/mol. The van der Waals surface area contributed by atoms with Crippen molar-refractivity contribution in [3.63, 3.8) is 0 Å². The number of carbonyl (C=O) groups excluding carboxylic acids is 4. The molecule has 4 amide bonds. The zero-order valence-corrected chi connectivity index (χ0v) is 54.1. The van der Waals surface area contributed by atoms with Gasteiger partial charge in [-0.2, -0.15) is 0 Å². The third kappa shape index (κ3) is 18.7. The van der Waals surface area contributed by atoms with Crippen LogP contribution in [0.2, 0.25) is 64.4 Å². The predicted molar refractivity (Wildman–Crippen MR) is 327 cm³/mol. The molecule has 0 bridgehead atoms. The summed E-state index contributed by atoms with van der Waals surface area (Å²) in [6, 6.07) is 18.7. The van der Waals surface area contributed by atoms with Crippen LogP contribution in [-0.4, -0.2) is 78.0 Å². The van der Waals surface area contributed by atoms with Gasteiger partial charge in [0.15, 0.2) is 25.0 Å². The molecule has 21 heteroatoms. The number of nitrogens with zero attached hydrogens (tertiary/aromatic N) is 2.